The second-order valence-corrected chi connectivity index (χ2v) is 4.17. The number of nitrogens with zero attached hydrogens (tertiary/aromatic N) is 1. The van der Waals surface area contributed by atoms with Gasteiger partial charge in [0.15, 0.2) is 0 Å². The van der Waals surface area contributed by atoms with Crippen LogP contribution in [0, 0.1) is 18.3 Å². The Bertz CT molecular complexity index is 367. The van der Waals surface area contributed by atoms with Crippen molar-refractivity contribution in [2.45, 2.75) is 38.5 Å². The first-order valence-corrected chi connectivity index (χ1v) is 5.32. The molecule has 0 N–H and O–H groups in total. The Morgan fingerprint density at radius 2 is 2.00 bits per heavy atom. The minimum atomic E-state index is 0.751. The normalized spacial score (nSPS) is 16.9. The highest BCUT2D eigenvalue weighted by Gasteiger charge is 2.17. The third-order valence-corrected chi connectivity index (χ3v) is 3.20. The number of rotatable bonds is 1. The molecular formula is C13H15N. The Hall–Kier alpha value is -1.29. The fourth-order valence-corrected chi connectivity index (χ4v) is 2.33. The van der Waals surface area contributed by atoms with Gasteiger partial charge in [-0.15, -0.1) is 0 Å². The summed E-state index contributed by atoms with van der Waals surface area (Å²) in [5.74, 6) is 0.751. The van der Waals surface area contributed by atoms with E-state index in [0.717, 1.165) is 17.0 Å². The Labute approximate surface area is 85.4 Å². The summed E-state index contributed by atoms with van der Waals surface area (Å²) in [5.41, 5.74) is 3.36. The van der Waals surface area contributed by atoms with E-state index in [0.29, 0.717) is 0 Å². The van der Waals surface area contributed by atoms with E-state index >= 15 is 0 Å². The zero-order chi connectivity index (χ0) is 9.97. The van der Waals surface area contributed by atoms with Crippen LogP contribution in [0.25, 0.3) is 0 Å². The second-order valence-electron chi connectivity index (χ2n) is 4.17. The molecule has 0 unspecified atom stereocenters. The van der Waals surface area contributed by atoms with Crippen molar-refractivity contribution >= 4 is 0 Å². The molecule has 1 nitrogen and oxygen atoms in total. The highest BCUT2D eigenvalue weighted by atomic mass is 14.3. The monoisotopic (exact) mass is 185 g/mol. The summed E-state index contributed by atoms with van der Waals surface area (Å²) < 4.78 is 0. The van der Waals surface area contributed by atoms with E-state index in [-0.39, 0.29) is 0 Å². The standard InChI is InChI=1S/C13H15N/c1-10-8-12(6-7-13(10)9-14)11-4-2-3-5-11/h6-8,11H,2-5H2,1H3. The summed E-state index contributed by atoms with van der Waals surface area (Å²) in [6.07, 6.45) is 5.38. The topological polar surface area (TPSA) is 23.8 Å². The predicted molar refractivity (Wildman–Crippen MR) is 57.1 cm³/mol. The van der Waals surface area contributed by atoms with E-state index in [1.165, 1.54) is 31.2 Å². The van der Waals surface area contributed by atoms with Crippen LogP contribution in [0.1, 0.15) is 48.3 Å². The fourth-order valence-electron chi connectivity index (χ4n) is 2.33. The van der Waals surface area contributed by atoms with Gasteiger partial charge in [0, 0.05) is 0 Å². The van der Waals surface area contributed by atoms with Crippen molar-refractivity contribution in [3.05, 3.63) is 34.9 Å². The molecule has 0 aromatic heterocycles. The van der Waals surface area contributed by atoms with Crippen LogP contribution >= 0.6 is 0 Å². The minimum absolute atomic E-state index is 0.751. The molecule has 1 aromatic carbocycles. The molecule has 72 valence electrons. The molecule has 14 heavy (non-hydrogen) atoms. The van der Waals surface area contributed by atoms with Crippen LogP contribution in [-0.4, -0.2) is 0 Å². The molecule has 0 spiro atoms. The lowest BCUT2D eigenvalue weighted by Gasteiger charge is -2.10. The van der Waals surface area contributed by atoms with Crippen LogP contribution in [0.15, 0.2) is 18.2 Å². The van der Waals surface area contributed by atoms with Crippen LogP contribution < -0.4 is 0 Å². The first-order valence-electron chi connectivity index (χ1n) is 5.32. The maximum atomic E-state index is 8.82. The van der Waals surface area contributed by atoms with Gasteiger partial charge in [0.2, 0.25) is 0 Å². The van der Waals surface area contributed by atoms with Crippen molar-refractivity contribution in [1.29, 1.82) is 5.26 Å². The molecule has 0 aliphatic heterocycles. The molecule has 1 fully saturated rings. The molecule has 0 atom stereocenters. The van der Waals surface area contributed by atoms with E-state index in [1.54, 1.807) is 0 Å². The fraction of sp³-hybridized carbons (Fsp3) is 0.462. The quantitative estimate of drug-likeness (QED) is 0.656. The molecule has 2 rings (SSSR count). The van der Waals surface area contributed by atoms with Gasteiger partial charge in [-0.25, -0.2) is 0 Å². The number of benzene rings is 1. The van der Waals surface area contributed by atoms with Gasteiger partial charge in [0.05, 0.1) is 11.6 Å². The maximum Gasteiger partial charge on any atom is 0.0994 e. The molecule has 1 heteroatoms. The average Bonchev–Trinajstić information content (AvgIpc) is 2.70. The van der Waals surface area contributed by atoms with Crippen molar-refractivity contribution in [1.82, 2.24) is 0 Å². The molecule has 0 saturated heterocycles. The molecule has 1 aromatic rings. The first-order chi connectivity index (χ1) is 6.81. The van der Waals surface area contributed by atoms with Gasteiger partial charge in [-0.05, 0) is 42.9 Å². The van der Waals surface area contributed by atoms with Gasteiger partial charge < -0.3 is 0 Å². The number of hydrogen-bond donors (Lipinski definition) is 0. The summed E-state index contributed by atoms with van der Waals surface area (Å²) in [5, 5.41) is 8.82. The Balaban J connectivity index is 2.28. The van der Waals surface area contributed by atoms with E-state index in [4.69, 9.17) is 5.26 Å². The molecule has 0 amide bonds. The van der Waals surface area contributed by atoms with Crippen LogP contribution in [-0.2, 0) is 0 Å². The van der Waals surface area contributed by atoms with Gasteiger partial charge in [-0.3, -0.25) is 0 Å². The molecule has 0 bridgehead atoms. The lowest BCUT2D eigenvalue weighted by atomic mass is 9.94. The van der Waals surface area contributed by atoms with E-state index in [9.17, 15) is 0 Å². The lowest BCUT2D eigenvalue weighted by molar-refractivity contribution is 0.722. The van der Waals surface area contributed by atoms with Crippen molar-refractivity contribution in [3.8, 4) is 6.07 Å². The minimum Gasteiger partial charge on any atom is -0.192 e. The third-order valence-electron chi connectivity index (χ3n) is 3.20. The average molecular weight is 185 g/mol. The van der Waals surface area contributed by atoms with Gasteiger partial charge in [-0.1, -0.05) is 25.0 Å². The summed E-state index contributed by atoms with van der Waals surface area (Å²) >= 11 is 0. The summed E-state index contributed by atoms with van der Waals surface area (Å²) in [7, 11) is 0. The highest BCUT2D eigenvalue weighted by molar-refractivity contribution is 5.40. The van der Waals surface area contributed by atoms with Gasteiger partial charge in [-0.2, -0.15) is 5.26 Å². The van der Waals surface area contributed by atoms with E-state index < -0.39 is 0 Å². The molecule has 1 aliphatic carbocycles. The Morgan fingerprint density at radius 3 is 2.57 bits per heavy atom. The van der Waals surface area contributed by atoms with Gasteiger partial charge in [0.1, 0.15) is 0 Å². The van der Waals surface area contributed by atoms with Crippen LogP contribution in [0.5, 0.6) is 0 Å². The predicted octanol–water partition coefficient (Wildman–Crippen LogP) is 3.52. The number of nitriles is 1. The van der Waals surface area contributed by atoms with Crippen molar-refractivity contribution < 1.29 is 0 Å². The molecule has 0 heterocycles. The van der Waals surface area contributed by atoms with Crippen LogP contribution in [0.3, 0.4) is 0 Å². The van der Waals surface area contributed by atoms with Crippen LogP contribution in [0.4, 0.5) is 0 Å². The summed E-state index contributed by atoms with van der Waals surface area (Å²) in [6.45, 7) is 2.02. The number of aryl methyl sites for hydroxylation is 1. The number of hydrogen-bond acceptors (Lipinski definition) is 1. The van der Waals surface area contributed by atoms with Crippen molar-refractivity contribution in [2.75, 3.05) is 0 Å². The maximum absolute atomic E-state index is 8.82. The largest absolute Gasteiger partial charge is 0.192 e. The summed E-state index contributed by atoms with van der Waals surface area (Å²) in [4.78, 5) is 0. The molecule has 1 saturated carbocycles. The first kappa shape index (κ1) is 9.27. The third kappa shape index (κ3) is 1.65. The van der Waals surface area contributed by atoms with Gasteiger partial charge >= 0.3 is 0 Å². The van der Waals surface area contributed by atoms with Crippen molar-refractivity contribution in [3.63, 3.8) is 0 Å². The smallest absolute Gasteiger partial charge is 0.0994 e. The lowest BCUT2D eigenvalue weighted by Crippen LogP contribution is -1.93. The molecule has 1 aliphatic rings. The Kier molecular flexibility index (Phi) is 2.54. The van der Waals surface area contributed by atoms with E-state index in [1.807, 2.05) is 13.0 Å². The SMILES string of the molecule is Cc1cc(C2CCCC2)ccc1C#N. The van der Waals surface area contributed by atoms with Gasteiger partial charge in [0.25, 0.3) is 0 Å². The molecule has 0 radical (unpaired) electrons. The zero-order valence-corrected chi connectivity index (χ0v) is 8.59. The zero-order valence-electron chi connectivity index (χ0n) is 8.59. The van der Waals surface area contributed by atoms with Crippen molar-refractivity contribution in [2.24, 2.45) is 0 Å². The highest BCUT2D eigenvalue weighted by Crippen LogP contribution is 2.34. The summed E-state index contributed by atoms with van der Waals surface area (Å²) in [6, 6.07) is 8.49. The molecular weight excluding hydrogens is 170 g/mol. The van der Waals surface area contributed by atoms with Crippen LogP contribution in [0.2, 0.25) is 0 Å². The second kappa shape index (κ2) is 3.84. The Morgan fingerprint density at radius 1 is 1.29 bits per heavy atom. The van der Waals surface area contributed by atoms with E-state index in [2.05, 4.69) is 18.2 Å².